The summed E-state index contributed by atoms with van der Waals surface area (Å²) in [5.41, 5.74) is 5.10. The number of amides is 1. The summed E-state index contributed by atoms with van der Waals surface area (Å²) in [5.74, 6) is 0.0518. The van der Waals surface area contributed by atoms with Crippen LogP contribution in [0.15, 0.2) is 27.1 Å². The molecule has 0 aliphatic carbocycles. The monoisotopic (exact) mass is 435 g/mol. The summed E-state index contributed by atoms with van der Waals surface area (Å²) in [6.45, 7) is 10.7. The Balaban J connectivity index is 2.41. The smallest absolute Gasteiger partial charge is 0.330 e. The van der Waals surface area contributed by atoms with Crippen LogP contribution in [0.25, 0.3) is 0 Å². The molecule has 0 saturated carbocycles. The molecule has 1 atom stereocenters. The summed E-state index contributed by atoms with van der Waals surface area (Å²) in [4.78, 5) is 45.1. The average molecular weight is 436 g/mol. The number of aromatic amines is 1. The SMILES string of the molecule is CC(C)CN(C(=O)CN(C)C(C)c1cccs1)c1c(N)n(CC(C)C)c(=O)[nH]c1=O. The Morgan fingerprint density at radius 2 is 1.87 bits per heavy atom. The Kier molecular flexibility index (Phi) is 8.03. The highest BCUT2D eigenvalue weighted by Crippen LogP contribution is 2.24. The summed E-state index contributed by atoms with van der Waals surface area (Å²) in [6.07, 6.45) is 0. The van der Waals surface area contributed by atoms with Crippen LogP contribution in [0.4, 0.5) is 11.5 Å². The van der Waals surface area contributed by atoms with Crippen molar-refractivity contribution >= 4 is 28.7 Å². The zero-order chi connectivity index (χ0) is 22.6. The predicted octanol–water partition coefficient (Wildman–Crippen LogP) is 2.52. The van der Waals surface area contributed by atoms with Gasteiger partial charge in [-0.15, -0.1) is 11.3 Å². The van der Waals surface area contributed by atoms with E-state index in [0.717, 1.165) is 4.88 Å². The molecular weight excluding hydrogens is 402 g/mol. The molecule has 2 aromatic rings. The van der Waals surface area contributed by atoms with E-state index >= 15 is 0 Å². The van der Waals surface area contributed by atoms with Crippen molar-refractivity contribution in [2.75, 3.05) is 30.8 Å². The largest absolute Gasteiger partial charge is 0.383 e. The highest BCUT2D eigenvalue weighted by atomic mass is 32.1. The van der Waals surface area contributed by atoms with Gasteiger partial charge in [-0.3, -0.25) is 24.0 Å². The molecule has 30 heavy (non-hydrogen) atoms. The molecule has 166 valence electrons. The Morgan fingerprint density at radius 3 is 2.40 bits per heavy atom. The van der Waals surface area contributed by atoms with Gasteiger partial charge in [0.15, 0.2) is 5.69 Å². The van der Waals surface area contributed by atoms with Crippen LogP contribution in [0.1, 0.15) is 45.5 Å². The normalized spacial score (nSPS) is 12.7. The van der Waals surface area contributed by atoms with E-state index in [9.17, 15) is 14.4 Å². The Hall–Kier alpha value is -2.39. The second-order valence-electron chi connectivity index (χ2n) is 8.50. The number of H-pyrrole nitrogens is 1. The van der Waals surface area contributed by atoms with Gasteiger partial charge in [0.25, 0.3) is 5.56 Å². The van der Waals surface area contributed by atoms with E-state index in [1.165, 1.54) is 9.47 Å². The van der Waals surface area contributed by atoms with Gasteiger partial charge in [0.1, 0.15) is 5.82 Å². The first-order chi connectivity index (χ1) is 14.0. The average Bonchev–Trinajstić information content (AvgIpc) is 3.17. The van der Waals surface area contributed by atoms with Crippen LogP contribution < -0.4 is 21.9 Å². The summed E-state index contributed by atoms with van der Waals surface area (Å²) in [7, 11) is 1.88. The number of nitrogens with zero attached hydrogens (tertiary/aromatic N) is 3. The van der Waals surface area contributed by atoms with Crippen molar-refractivity contribution in [1.29, 1.82) is 0 Å². The quantitative estimate of drug-likeness (QED) is 0.630. The summed E-state index contributed by atoms with van der Waals surface area (Å²) < 4.78 is 1.33. The molecule has 1 unspecified atom stereocenters. The molecule has 1 amide bonds. The molecule has 9 heteroatoms. The van der Waals surface area contributed by atoms with Gasteiger partial charge in [0.05, 0.1) is 6.54 Å². The first-order valence-corrected chi connectivity index (χ1v) is 11.1. The number of carbonyl (C=O) groups is 1. The first kappa shape index (κ1) is 23.9. The van der Waals surface area contributed by atoms with E-state index in [2.05, 4.69) is 4.98 Å². The number of thiophene rings is 1. The van der Waals surface area contributed by atoms with Gasteiger partial charge in [-0.05, 0) is 37.3 Å². The molecule has 0 saturated heterocycles. The maximum Gasteiger partial charge on any atom is 0.330 e. The van der Waals surface area contributed by atoms with E-state index in [1.54, 1.807) is 11.3 Å². The van der Waals surface area contributed by atoms with Crippen LogP contribution in [-0.4, -0.2) is 40.5 Å². The third-order valence-electron chi connectivity index (χ3n) is 4.88. The van der Waals surface area contributed by atoms with Crippen molar-refractivity contribution in [3.05, 3.63) is 43.2 Å². The number of hydrogen-bond donors (Lipinski definition) is 2. The van der Waals surface area contributed by atoms with Crippen LogP contribution in [0, 0.1) is 11.8 Å². The lowest BCUT2D eigenvalue weighted by molar-refractivity contribution is -0.120. The molecule has 0 bridgehead atoms. The maximum atomic E-state index is 13.3. The van der Waals surface area contributed by atoms with Crippen molar-refractivity contribution in [2.24, 2.45) is 11.8 Å². The number of anilines is 2. The molecule has 3 N–H and O–H groups in total. The molecule has 0 aliphatic heterocycles. The molecule has 2 aromatic heterocycles. The van der Waals surface area contributed by atoms with Crippen molar-refractivity contribution in [2.45, 2.75) is 47.2 Å². The zero-order valence-electron chi connectivity index (χ0n) is 18.6. The van der Waals surface area contributed by atoms with Crippen LogP contribution >= 0.6 is 11.3 Å². The second-order valence-corrected chi connectivity index (χ2v) is 9.48. The van der Waals surface area contributed by atoms with Gasteiger partial charge in [-0.1, -0.05) is 33.8 Å². The number of rotatable bonds is 9. The minimum Gasteiger partial charge on any atom is -0.383 e. The number of nitrogens with one attached hydrogen (secondary N) is 1. The van der Waals surface area contributed by atoms with E-state index in [0.29, 0.717) is 13.1 Å². The molecule has 0 aliphatic rings. The third kappa shape index (κ3) is 5.60. The zero-order valence-corrected chi connectivity index (χ0v) is 19.5. The number of aromatic nitrogens is 2. The van der Waals surface area contributed by atoms with E-state index < -0.39 is 11.2 Å². The van der Waals surface area contributed by atoms with Crippen molar-refractivity contribution < 1.29 is 4.79 Å². The van der Waals surface area contributed by atoms with E-state index in [4.69, 9.17) is 5.73 Å². The summed E-state index contributed by atoms with van der Waals surface area (Å²) >= 11 is 1.64. The number of nitrogen functional groups attached to an aromatic ring is 1. The summed E-state index contributed by atoms with van der Waals surface area (Å²) in [6, 6.07) is 4.07. The molecule has 2 rings (SSSR count). The number of carbonyl (C=O) groups excluding carboxylic acids is 1. The topological polar surface area (TPSA) is 104 Å². The van der Waals surface area contributed by atoms with Crippen molar-refractivity contribution in [3.8, 4) is 0 Å². The highest BCUT2D eigenvalue weighted by molar-refractivity contribution is 7.10. The highest BCUT2D eigenvalue weighted by Gasteiger charge is 2.27. The fourth-order valence-corrected chi connectivity index (χ4v) is 4.10. The maximum absolute atomic E-state index is 13.3. The third-order valence-corrected chi connectivity index (χ3v) is 5.92. The van der Waals surface area contributed by atoms with Crippen molar-refractivity contribution in [3.63, 3.8) is 0 Å². The molecule has 8 nitrogen and oxygen atoms in total. The lowest BCUT2D eigenvalue weighted by Crippen LogP contribution is -2.46. The fraction of sp³-hybridized carbons (Fsp3) is 0.571. The van der Waals surface area contributed by atoms with Gasteiger partial charge >= 0.3 is 5.69 Å². The molecule has 0 fully saturated rings. The number of hydrogen-bond acceptors (Lipinski definition) is 6. The van der Waals surface area contributed by atoms with Gasteiger partial charge in [-0.25, -0.2) is 4.79 Å². The van der Waals surface area contributed by atoms with Gasteiger partial charge in [0, 0.05) is 24.0 Å². The minimum absolute atomic E-state index is 0.0282. The van der Waals surface area contributed by atoms with Gasteiger partial charge in [0.2, 0.25) is 5.91 Å². The molecular formula is C21H33N5O3S. The Labute approximate surface area is 181 Å². The Morgan fingerprint density at radius 1 is 1.20 bits per heavy atom. The molecule has 2 heterocycles. The molecule has 0 spiro atoms. The first-order valence-electron chi connectivity index (χ1n) is 10.2. The second kappa shape index (κ2) is 10.1. The van der Waals surface area contributed by atoms with Crippen LogP contribution in [-0.2, 0) is 11.3 Å². The van der Waals surface area contributed by atoms with Crippen LogP contribution in [0.5, 0.6) is 0 Å². The van der Waals surface area contributed by atoms with Crippen molar-refractivity contribution in [1.82, 2.24) is 14.5 Å². The molecule has 0 aromatic carbocycles. The minimum atomic E-state index is -0.638. The fourth-order valence-electron chi connectivity index (χ4n) is 3.25. The standard InChI is InChI=1S/C21H33N5O3S/c1-13(2)10-25(17(27)12-24(6)15(5)16-8-7-9-30-16)18-19(22)26(11-14(3)4)21(29)23-20(18)28/h7-9,13-15H,10-12,22H2,1-6H3,(H,23,28,29). The lowest BCUT2D eigenvalue weighted by atomic mass is 10.1. The summed E-state index contributed by atoms with van der Waals surface area (Å²) in [5, 5.41) is 2.00. The van der Waals surface area contributed by atoms with Crippen LogP contribution in [0.3, 0.4) is 0 Å². The van der Waals surface area contributed by atoms with Gasteiger partial charge < -0.3 is 10.6 Å². The van der Waals surface area contributed by atoms with E-state index in [-0.39, 0.29) is 41.8 Å². The number of likely N-dealkylation sites (N-methyl/N-ethyl adjacent to an activating group) is 1. The van der Waals surface area contributed by atoms with E-state index in [1.807, 2.05) is 64.1 Å². The number of nitrogens with two attached hydrogens (primary N) is 1. The van der Waals surface area contributed by atoms with Crippen LogP contribution in [0.2, 0.25) is 0 Å². The molecule has 0 radical (unpaired) electrons. The Bertz CT molecular complexity index is 962. The predicted molar refractivity (Wildman–Crippen MR) is 123 cm³/mol. The lowest BCUT2D eigenvalue weighted by Gasteiger charge is -2.30. The van der Waals surface area contributed by atoms with Gasteiger partial charge in [-0.2, -0.15) is 0 Å².